The second-order valence-electron chi connectivity index (χ2n) is 5.93. The molecule has 0 bridgehead atoms. The number of nitrogens with zero attached hydrogens (tertiary/aromatic N) is 3. The van der Waals surface area contributed by atoms with Gasteiger partial charge in [-0.05, 0) is 43.2 Å². The van der Waals surface area contributed by atoms with E-state index in [1.54, 1.807) is 18.3 Å². The van der Waals surface area contributed by atoms with Crippen LogP contribution in [0.4, 0.5) is 11.5 Å². The van der Waals surface area contributed by atoms with Gasteiger partial charge in [-0.3, -0.25) is 4.79 Å². The summed E-state index contributed by atoms with van der Waals surface area (Å²) in [6, 6.07) is 9.85. The fourth-order valence-electron chi connectivity index (χ4n) is 3.00. The number of pyridine rings is 1. The highest BCUT2D eigenvalue weighted by molar-refractivity contribution is 5.98. The third-order valence-electron chi connectivity index (χ3n) is 4.55. The van der Waals surface area contributed by atoms with Crippen LogP contribution in [0.15, 0.2) is 36.5 Å². The fraction of sp³-hybridized carbons (Fsp3) is 0.333. The van der Waals surface area contributed by atoms with Crippen molar-refractivity contribution in [2.45, 2.75) is 13.8 Å². The molecule has 120 valence electrons. The first kappa shape index (κ1) is 15.3. The molecule has 2 N–H and O–H groups in total. The van der Waals surface area contributed by atoms with Crippen LogP contribution in [0.3, 0.4) is 0 Å². The van der Waals surface area contributed by atoms with Crippen molar-refractivity contribution in [1.29, 1.82) is 0 Å². The number of benzene rings is 1. The SMILES string of the molecule is Cc1cccc(N2CCN(C(=O)c3cccnc3N)CC2)c1C. The molecule has 5 heteroatoms. The van der Waals surface area contributed by atoms with Gasteiger partial charge in [-0.2, -0.15) is 0 Å². The van der Waals surface area contributed by atoms with Crippen LogP contribution in [0.1, 0.15) is 21.5 Å². The van der Waals surface area contributed by atoms with Gasteiger partial charge in [0.15, 0.2) is 0 Å². The van der Waals surface area contributed by atoms with Gasteiger partial charge in [0.25, 0.3) is 5.91 Å². The number of hydrogen-bond donors (Lipinski definition) is 1. The molecular formula is C18H22N4O. The van der Waals surface area contributed by atoms with E-state index >= 15 is 0 Å². The molecule has 1 aliphatic rings. The topological polar surface area (TPSA) is 62.5 Å². The highest BCUT2D eigenvalue weighted by Gasteiger charge is 2.24. The smallest absolute Gasteiger partial charge is 0.257 e. The van der Waals surface area contributed by atoms with Gasteiger partial charge in [0.1, 0.15) is 5.82 Å². The Hall–Kier alpha value is -2.56. The lowest BCUT2D eigenvalue weighted by molar-refractivity contribution is 0.0747. The first-order chi connectivity index (χ1) is 11.1. The van der Waals surface area contributed by atoms with Crippen LogP contribution in [-0.2, 0) is 0 Å². The molecule has 0 aliphatic carbocycles. The summed E-state index contributed by atoms with van der Waals surface area (Å²) in [5.41, 5.74) is 10.2. The molecule has 23 heavy (non-hydrogen) atoms. The van der Waals surface area contributed by atoms with Crippen LogP contribution in [-0.4, -0.2) is 42.0 Å². The predicted octanol–water partition coefficient (Wildman–Crippen LogP) is 2.24. The van der Waals surface area contributed by atoms with E-state index in [9.17, 15) is 4.79 Å². The van der Waals surface area contributed by atoms with Crippen molar-refractivity contribution < 1.29 is 4.79 Å². The highest BCUT2D eigenvalue weighted by atomic mass is 16.2. The monoisotopic (exact) mass is 310 g/mol. The Bertz CT molecular complexity index is 721. The number of nitrogen functional groups attached to an aromatic ring is 1. The van der Waals surface area contributed by atoms with Crippen LogP contribution in [0.5, 0.6) is 0 Å². The van der Waals surface area contributed by atoms with E-state index in [0.717, 1.165) is 13.1 Å². The van der Waals surface area contributed by atoms with Crippen LogP contribution >= 0.6 is 0 Å². The first-order valence-corrected chi connectivity index (χ1v) is 7.89. The molecule has 0 saturated carbocycles. The number of carbonyl (C=O) groups excluding carboxylic acids is 1. The summed E-state index contributed by atoms with van der Waals surface area (Å²) in [7, 11) is 0. The molecule has 0 unspecified atom stereocenters. The second-order valence-corrected chi connectivity index (χ2v) is 5.93. The molecule has 0 atom stereocenters. The number of aromatic nitrogens is 1. The first-order valence-electron chi connectivity index (χ1n) is 7.89. The van der Waals surface area contributed by atoms with E-state index in [1.807, 2.05) is 4.90 Å². The molecule has 5 nitrogen and oxygen atoms in total. The number of aryl methyl sites for hydroxylation is 1. The van der Waals surface area contributed by atoms with Crippen LogP contribution in [0.25, 0.3) is 0 Å². The zero-order chi connectivity index (χ0) is 16.4. The molecule has 1 fully saturated rings. The number of piperazine rings is 1. The van der Waals surface area contributed by atoms with Gasteiger partial charge in [-0.25, -0.2) is 4.98 Å². The molecule has 2 aromatic rings. The Morgan fingerprint density at radius 2 is 1.83 bits per heavy atom. The Morgan fingerprint density at radius 3 is 2.52 bits per heavy atom. The third kappa shape index (κ3) is 2.99. The van der Waals surface area contributed by atoms with Crippen molar-refractivity contribution in [3.05, 3.63) is 53.2 Å². The van der Waals surface area contributed by atoms with Crippen molar-refractivity contribution >= 4 is 17.4 Å². The third-order valence-corrected chi connectivity index (χ3v) is 4.55. The number of hydrogen-bond acceptors (Lipinski definition) is 4. The van der Waals surface area contributed by atoms with Gasteiger partial charge in [0, 0.05) is 38.1 Å². The van der Waals surface area contributed by atoms with Gasteiger partial charge in [0.05, 0.1) is 5.56 Å². The molecule has 2 heterocycles. The average Bonchev–Trinajstić information content (AvgIpc) is 2.57. The normalized spacial score (nSPS) is 14.9. The number of carbonyl (C=O) groups is 1. The minimum absolute atomic E-state index is 0.0313. The summed E-state index contributed by atoms with van der Waals surface area (Å²) in [5.74, 6) is 0.269. The van der Waals surface area contributed by atoms with E-state index in [0.29, 0.717) is 24.5 Å². The van der Waals surface area contributed by atoms with Gasteiger partial charge in [-0.1, -0.05) is 12.1 Å². The number of amides is 1. The maximum atomic E-state index is 12.6. The van der Waals surface area contributed by atoms with Gasteiger partial charge in [0.2, 0.25) is 0 Å². The summed E-state index contributed by atoms with van der Waals surface area (Å²) < 4.78 is 0. The molecule has 1 aliphatic heterocycles. The standard InChI is InChI=1S/C18H22N4O/c1-13-5-3-7-16(14(13)2)21-9-11-22(12-10-21)18(23)15-6-4-8-20-17(15)19/h3-8H,9-12H2,1-2H3,(H2,19,20). The van der Waals surface area contributed by atoms with E-state index in [1.165, 1.54) is 16.8 Å². The van der Waals surface area contributed by atoms with E-state index in [-0.39, 0.29) is 5.91 Å². The number of anilines is 2. The highest BCUT2D eigenvalue weighted by Crippen LogP contribution is 2.24. The fourth-order valence-corrected chi connectivity index (χ4v) is 3.00. The lowest BCUT2D eigenvalue weighted by Crippen LogP contribution is -2.49. The van der Waals surface area contributed by atoms with Gasteiger partial charge < -0.3 is 15.5 Å². The lowest BCUT2D eigenvalue weighted by Gasteiger charge is -2.37. The van der Waals surface area contributed by atoms with Crippen molar-refractivity contribution in [2.75, 3.05) is 36.8 Å². The summed E-state index contributed by atoms with van der Waals surface area (Å²) in [4.78, 5) is 20.8. The summed E-state index contributed by atoms with van der Waals surface area (Å²) in [6.45, 7) is 7.33. The summed E-state index contributed by atoms with van der Waals surface area (Å²) in [6.07, 6.45) is 1.60. The minimum atomic E-state index is -0.0313. The molecule has 0 spiro atoms. The largest absolute Gasteiger partial charge is 0.383 e. The molecular weight excluding hydrogens is 288 g/mol. The minimum Gasteiger partial charge on any atom is -0.383 e. The van der Waals surface area contributed by atoms with Gasteiger partial charge in [-0.15, -0.1) is 0 Å². The van der Waals surface area contributed by atoms with E-state index in [4.69, 9.17) is 5.73 Å². The molecule has 1 aromatic heterocycles. The Morgan fingerprint density at radius 1 is 1.09 bits per heavy atom. The average molecular weight is 310 g/mol. The zero-order valence-electron chi connectivity index (χ0n) is 13.6. The maximum Gasteiger partial charge on any atom is 0.257 e. The molecule has 1 aromatic carbocycles. The number of nitrogens with two attached hydrogens (primary N) is 1. The second kappa shape index (κ2) is 6.28. The predicted molar refractivity (Wildman–Crippen MR) is 92.7 cm³/mol. The van der Waals surface area contributed by atoms with Crippen molar-refractivity contribution in [3.8, 4) is 0 Å². The maximum absolute atomic E-state index is 12.6. The van der Waals surface area contributed by atoms with Crippen molar-refractivity contribution in [2.24, 2.45) is 0 Å². The summed E-state index contributed by atoms with van der Waals surface area (Å²) in [5, 5.41) is 0. The van der Waals surface area contributed by atoms with Gasteiger partial charge >= 0.3 is 0 Å². The van der Waals surface area contributed by atoms with Crippen LogP contribution < -0.4 is 10.6 Å². The zero-order valence-corrected chi connectivity index (χ0v) is 13.6. The Balaban J connectivity index is 1.70. The van der Waals surface area contributed by atoms with E-state index in [2.05, 4.69) is 41.9 Å². The van der Waals surface area contributed by atoms with Crippen LogP contribution in [0.2, 0.25) is 0 Å². The van der Waals surface area contributed by atoms with Crippen molar-refractivity contribution in [3.63, 3.8) is 0 Å². The quantitative estimate of drug-likeness (QED) is 0.924. The molecule has 1 amide bonds. The lowest BCUT2D eigenvalue weighted by atomic mass is 10.1. The Kier molecular flexibility index (Phi) is 4.19. The molecule has 1 saturated heterocycles. The molecule has 3 rings (SSSR count). The Labute approximate surface area is 136 Å². The summed E-state index contributed by atoms with van der Waals surface area (Å²) >= 11 is 0. The molecule has 0 radical (unpaired) electrons. The van der Waals surface area contributed by atoms with Crippen LogP contribution in [0, 0.1) is 13.8 Å². The number of rotatable bonds is 2. The van der Waals surface area contributed by atoms with Crippen molar-refractivity contribution in [1.82, 2.24) is 9.88 Å². The van der Waals surface area contributed by atoms with E-state index < -0.39 is 0 Å².